The van der Waals surface area contributed by atoms with E-state index in [-0.39, 0.29) is 17.4 Å². The van der Waals surface area contributed by atoms with Crippen LogP contribution >= 0.6 is 11.6 Å². The van der Waals surface area contributed by atoms with E-state index < -0.39 is 0 Å². The molecule has 0 saturated carbocycles. The second kappa shape index (κ2) is 7.55. The van der Waals surface area contributed by atoms with Gasteiger partial charge in [-0.15, -0.1) is 11.6 Å². The van der Waals surface area contributed by atoms with Crippen LogP contribution in [0.5, 0.6) is 11.5 Å². The molecule has 0 aliphatic carbocycles. The minimum Gasteiger partial charge on any atom is -0.497 e. The zero-order valence-corrected chi connectivity index (χ0v) is 14.1. The SMILES string of the molecule is COc1ccc(OC)c(C(=O)NC(CCCl)C(C)(C)C)c1. The van der Waals surface area contributed by atoms with E-state index in [2.05, 4.69) is 26.1 Å². The Morgan fingerprint density at radius 1 is 1.29 bits per heavy atom. The summed E-state index contributed by atoms with van der Waals surface area (Å²) in [6.07, 6.45) is 0.711. The van der Waals surface area contributed by atoms with Crippen LogP contribution in [0.15, 0.2) is 18.2 Å². The molecule has 0 bridgehead atoms. The van der Waals surface area contributed by atoms with Gasteiger partial charge in [0.2, 0.25) is 0 Å². The van der Waals surface area contributed by atoms with Crippen LogP contribution in [0.3, 0.4) is 0 Å². The van der Waals surface area contributed by atoms with Crippen molar-refractivity contribution in [3.8, 4) is 11.5 Å². The highest BCUT2D eigenvalue weighted by Crippen LogP contribution is 2.26. The van der Waals surface area contributed by atoms with Crippen LogP contribution < -0.4 is 14.8 Å². The molecule has 4 nitrogen and oxygen atoms in total. The van der Waals surface area contributed by atoms with Gasteiger partial charge in [-0.05, 0) is 30.0 Å². The molecule has 1 unspecified atom stereocenters. The van der Waals surface area contributed by atoms with E-state index in [1.807, 2.05) is 0 Å². The maximum atomic E-state index is 12.5. The predicted octanol–water partition coefficient (Wildman–Crippen LogP) is 3.48. The number of carbonyl (C=O) groups excluding carboxylic acids is 1. The lowest BCUT2D eigenvalue weighted by atomic mass is 9.85. The third-order valence-electron chi connectivity index (χ3n) is 3.40. The van der Waals surface area contributed by atoms with Crippen LogP contribution in [0.1, 0.15) is 37.6 Å². The van der Waals surface area contributed by atoms with Crippen molar-refractivity contribution in [3.05, 3.63) is 23.8 Å². The molecule has 1 amide bonds. The largest absolute Gasteiger partial charge is 0.497 e. The molecule has 0 aliphatic heterocycles. The van der Waals surface area contributed by atoms with Crippen LogP contribution in [0.2, 0.25) is 0 Å². The molecule has 0 saturated heterocycles. The van der Waals surface area contributed by atoms with E-state index in [0.717, 1.165) is 0 Å². The molecule has 1 N–H and O–H groups in total. The third-order valence-corrected chi connectivity index (χ3v) is 3.62. The second-order valence-corrected chi connectivity index (χ2v) is 6.31. The van der Waals surface area contributed by atoms with Crippen LogP contribution in [0.25, 0.3) is 0 Å². The molecule has 1 rings (SSSR count). The fraction of sp³-hybridized carbons (Fsp3) is 0.562. The Morgan fingerprint density at radius 3 is 2.43 bits per heavy atom. The van der Waals surface area contributed by atoms with Crippen LogP contribution in [0.4, 0.5) is 0 Å². The summed E-state index contributed by atoms with van der Waals surface area (Å²) >= 11 is 5.84. The van der Waals surface area contributed by atoms with Gasteiger partial charge in [-0.1, -0.05) is 20.8 Å². The van der Waals surface area contributed by atoms with E-state index >= 15 is 0 Å². The fourth-order valence-electron chi connectivity index (χ4n) is 2.06. The van der Waals surface area contributed by atoms with Gasteiger partial charge >= 0.3 is 0 Å². The first-order valence-corrected chi connectivity index (χ1v) is 7.45. The molecule has 118 valence electrons. The minimum atomic E-state index is -0.184. The number of nitrogens with one attached hydrogen (secondary N) is 1. The molecule has 0 radical (unpaired) electrons. The summed E-state index contributed by atoms with van der Waals surface area (Å²) in [5, 5.41) is 3.04. The smallest absolute Gasteiger partial charge is 0.255 e. The molecular weight excluding hydrogens is 290 g/mol. The number of alkyl halides is 1. The Morgan fingerprint density at radius 2 is 1.95 bits per heavy atom. The molecule has 0 spiro atoms. The Balaban J connectivity index is 3.01. The lowest BCUT2D eigenvalue weighted by molar-refractivity contribution is 0.0897. The lowest BCUT2D eigenvalue weighted by Crippen LogP contribution is -2.44. The number of methoxy groups -OCH3 is 2. The zero-order chi connectivity index (χ0) is 16.0. The predicted molar refractivity (Wildman–Crippen MR) is 85.6 cm³/mol. The van der Waals surface area contributed by atoms with Crippen molar-refractivity contribution in [2.45, 2.75) is 33.2 Å². The van der Waals surface area contributed by atoms with E-state index in [1.165, 1.54) is 0 Å². The number of carbonyl (C=O) groups is 1. The van der Waals surface area contributed by atoms with E-state index in [9.17, 15) is 4.79 Å². The van der Waals surface area contributed by atoms with Gasteiger partial charge < -0.3 is 14.8 Å². The highest BCUT2D eigenvalue weighted by molar-refractivity contribution is 6.17. The van der Waals surface area contributed by atoms with Gasteiger partial charge in [0.15, 0.2) is 0 Å². The quantitative estimate of drug-likeness (QED) is 0.818. The van der Waals surface area contributed by atoms with Crippen molar-refractivity contribution in [3.63, 3.8) is 0 Å². The summed E-state index contributed by atoms with van der Waals surface area (Å²) in [4.78, 5) is 12.5. The maximum absolute atomic E-state index is 12.5. The number of amides is 1. The number of hydrogen-bond acceptors (Lipinski definition) is 3. The average Bonchev–Trinajstić information content (AvgIpc) is 2.44. The number of rotatable bonds is 6. The lowest BCUT2D eigenvalue weighted by Gasteiger charge is -2.31. The van der Waals surface area contributed by atoms with Gasteiger partial charge in [-0.25, -0.2) is 0 Å². The topological polar surface area (TPSA) is 47.6 Å². The molecule has 5 heteroatoms. The standard InChI is InChI=1S/C16H24ClNO3/c1-16(2,3)14(8-9-17)18-15(19)12-10-11(20-4)6-7-13(12)21-5/h6-7,10,14H,8-9H2,1-5H3,(H,18,19). The number of halogens is 1. The van der Waals surface area contributed by atoms with Crippen molar-refractivity contribution in [1.29, 1.82) is 0 Å². The van der Waals surface area contributed by atoms with Crippen molar-refractivity contribution >= 4 is 17.5 Å². The Bertz CT molecular complexity index is 483. The fourth-order valence-corrected chi connectivity index (χ4v) is 2.28. The summed E-state index contributed by atoms with van der Waals surface area (Å²) in [5.74, 6) is 1.45. The Kier molecular flexibility index (Phi) is 6.34. The zero-order valence-electron chi connectivity index (χ0n) is 13.3. The molecule has 0 aliphatic rings. The van der Waals surface area contributed by atoms with Gasteiger partial charge in [0, 0.05) is 11.9 Å². The van der Waals surface area contributed by atoms with E-state index in [4.69, 9.17) is 21.1 Å². The Hall–Kier alpha value is -1.42. The Labute approximate surface area is 131 Å². The maximum Gasteiger partial charge on any atom is 0.255 e. The number of benzene rings is 1. The van der Waals surface area contributed by atoms with Crippen LogP contribution in [-0.2, 0) is 0 Å². The first kappa shape index (κ1) is 17.6. The summed E-state index contributed by atoms with van der Waals surface area (Å²) in [6, 6.07) is 5.14. The van der Waals surface area contributed by atoms with Crippen molar-refractivity contribution in [1.82, 2.24) is 5.32 Å². The molecule has 1 aromatic carbocycles. The number of hydrogen-bond donors (Lipinski definition) is 1. The monoisotopic (exact) mass is 313 g/mol. The van der Waals surface area contributed by atoms with Gasteiger partial charge in [0.05, 0.1) is 19.8 Å². The second-order valence-electron chi connectivity index (χ2n) is 5.94. The van der Waals surface area contributed by atoms with Crippen molar-refractivity contribution in [2.24, 2.45) is 5.41 Å². The molecule has 21 heavy (non-hydrogen) atoms. The normalized spacial score (nSPS) is 12.7. The highest BCUT2D eigenvalue weighted by Gasteiger charge is 2.27. The molecule has 0 heterocycles. The summed E-state index contributed by atoms with van der Waals surface area (Å²) < 4.78 is 10.4. The molecule has 1 atom stereocenters. The minimum absolute atomic E-state index is 0.0154. The van der Waals surface area contributed by atoms with Gasteiger partial charge in [0.25, 0.3) is 5.91 Å². The average molecular weight is 314 g/mol. The molecular formula is C16H24ClNO3. The van der Waals surface area contributed by atoms with Crippen molar-refractivity contribution < 1.29 is 14.3 Å². The summed E-state index contributed by atoms with van der Waals surface area (Å²) in [6.45, 7) is 6.23. The molecule has 1 aromatic rings. The first-order valence-electron chi connectivity index (χ1n) is 6.92. The van der Waals surface area contributed by atoms with Gasteiger partial charge in [-0.2, -0.15) is 0 Å². The number of ether oxygens (including phenoxy) is 2. The molecule has 0 fully saturated rings. The van der Waals surface area contributed by atoms with Crippen LogP contribution in [0, 0.1) is 5.41 Å². The van der Waals surface area contributed by atoms with E-state index in [0.29, 0.717) is 29.4 Å². The summed E-state index contributed by atoms with van der Waals surface area (Å²) in [7, 11) is 3.10. The van der Waals surface area contributed by atoms with E-state index in [1.54, 1.807) is 32.4 Å². The third kappa shape index (κ3) is 4.81. The van der Waals surface area contributed by atoms with Gasteiger partial charge in [0.1, 0.15) is 11.5 Å². The first-order chi connectivity index (χ1) is 9.83. The summed E-state index contributed by atoms with van der Waals surface area (Å²) in [5.41, 5.74) is 0.386. The highest BCUT2D eigenvalue weighted by atomic mass is 35.5. The van der Waals surface area contributed by atoms with Gasteiger partial charge in [-0.3, -0.25) is 4.79 Å². The molecule has 0 aromatic heterocycles. The van der Waals surface area contributed by atoms with Crippen LogP contribution in [-0.4, -0.2) is 32.0 Å². The van der Waals surface area contributed by atoms with Crippen molar-refractivity contribution in [2.75, 3.05) is 20.1 Å².